The van der Waals surface area contributed by atoms with Crippen molar-refractivity contribution in [3.05, 3.63) is 83.2 Å². The third-order valence-corrected chi connectivity index (χ3v) is 4.74. The first kappa shape index (κ1) is 20.1. The Labute approximate surface area is 174 Å². The molecule has 31 heavy (non-hydrogen) atoms. The maximum absolute atomic E-state index is 14.4. The van der Waals surface area contributed by atoms with Gasteiger partial charge in [0.1, 0.15) is 40.5 Å². The van der Waals surface area contributed by atoms with Crippen molar-refractivity contribution >= 4 is 23.4 Å². The second-order valence-electron chi connectivity index (χ2n) is 6.66. The van der Waals surface area contributed by atoms with Crippen LogP contribution in [0.5, 0.6) is 5.75 Å². The van der Waals surface area contributed by atoms with E-state index in [0.29, 0.717) is 17.5 Å². The number of benzene rings is 2. The number of hydrogen-bond acceptors (Lipinski definition) is 5. The zero-order valence-electron chi connectivity index (χ0n) is 16.1. The third kappa shape index (κ3) is 3.82. The number of methoxy groups -OCH3 is 1. The Kier molecular flexibility index (Phi) is 5.12. The number of carbonyl (C=O) groups is 2. The lowest BCUT2D eigenvalue weighted by Crippen LogP contribution is -2.26. The van der Waals surface area contributed by atoms with Gasteiger partial charge in [0.15, 0.2) is 0 Å². The lowest BCUT2D eigenvalue weighted by atomic mass is 10.0. The van der Waals surface area contributed by atoms with Crippen molar-refractivity contribution in [3.63, 3.8) is 0 Å². The summed E-state index contributed by atoms with van der Waals surface area (Å²) < 4.78 is 34.1. The van der Waals surface area contributed by atoms with Crippen LogP contribution >= 0.6 is 0 Å². The van der Waals surface area contributed by atoms with Gasteiger partial charge in [0.25, 0.3) is 5.91 Å². The van der Waals surface area contributed by atoms with Gasteiger partial charge in [0.05, 0.1) is 13.3 Å². The van der Waals surface area contributed by atoms with Gasteiger partial charge in [0, 0.05) is 17.3 Å². The van der Waals surface area contributed by atoms with E-state index in [1.54, 1.807) is 24.3 Å². The van der Waals surface area contributed by atoms with E-state index in [4.69, 9.17) is 4.74 Å². The molecular formula is C21H16F2N4O4. The number of aromatic nitrogens is 2. The molecule has 0 bridgehead atoms. The number of ether oxygens (including phenoxy) is 1. The first-order valence-electron chi connectivity index (χ1n) is 9.07. The van der Waals surface area contributed by atoms with Crippen LogP contribution in [-0.4, -0.2) is 33.9 Å². The minimum absolute atomic E-state index is 0.00751. The van der Waals surface area contributed by atoms with Crippen LogP contribution in [0, 0.1) is 11.6 Å². The number of fused-ring (bicyclic) bond motifs is 1. The Bertz CT molecular complexity index is 1200. The predicted molar refractivity (Wildman–Crippen MR) is 107 cm³/mol. The van der Waals surface area contributed by atoms with Crippen molar-refractivity contribution in [2.45, 2.75) is 6.04 Å². The Balaban J connectivity index is 1.71. The molecule has 0 radical (unpaired) electrons. The summed E-state index contributed by atoms with van der Waals surface area (Å²) in [6.07, 6.45) is 2.48. The number of carboxylic acids is 1. The highest BCUT2D eigenvalue weighted by atomic mass is 19.1. The molecule has 4 rings (SSSR count). The van der Waals surface area contributed by atoms with Crippen LogP contribution in [0.4, 0.5) is 20.3 Å². The van der Waals surface area contributed by atoms with E-state index in [9.17, 15) is 23.5 Å². The van der Waals surface area contributed by atoms with Crippen LogP contribution in [0.1, 0.15) is 22.0 Å². The molecule has 0 spiro atoms. The topological polar surface area (TPSA) is 105 Å². The normalized spacial score (nSPS) is 14.8. The van der Waals surface area contributed by atoms with Crippen LogP contribution in [0.25, 0.3) is 0 Å². The SMILES string of the molecule is COc1ccc(NC(=O)c2cnn3c2NC(C(=O)O)=CC3c2ccc(F)cc2F)cc1. The number of allylic oxidation sites excluding steroid dienone is 1. The average Bonchev–Trinajstić information content (AvgIpc) is 3.18. The van der Waals surface area contributed by atoms with Gasteiger partial charge in [-0.15, -0.1) is 0 Å². The van der Waals surface area contributed by atoms with Gasteiger partial charge in [-0.3, -0.25) is 4.79 Å². The second kappa shape index (κ2) is 7.90. The highest BCUT2D eigenvalue weighted by Crippen LogP contribution is 2.33. The molecule has 1 atom stereocenters. The van der Waals surface area contributed by atoms with E-state index in [0.717, 1.165) is 6.07 Å². The fourth-order valence-corrected chi connectivity index (χ4v) is 3.22. The van der Waals surface area contributed by atoms with Gasteiger partial charge < -0.3 is 20.5 Å². The molecule has 0 fully saturated rings. The van der Waals surface area contributed by atoms with Crippen LogP contribution < -0.4 is 15.4 Å². The average molecular weight is 426 g/mol. The summed E-state index contributed by atoms with van der Waals surface area (Å²) in [4.78, 5) is 24.4. The molecule has 1 aromatic heterocycles. The largest absolute Gasteiger partial charge is 0.497 e. The molecule has 3 aromatic rings. The number of nitrogens with zero attached hydrogens (tertiary/aromatic N) is 2. The fourth-order valence-electron chi connectivity index (χ4n) is 3.22. The fraction of sp³-hybridized carbons (Fsp3) is 0.0952. The van der Waals surface area contributed by atoms with E-state index in [1.165, 1.54) is 30.1 Å². The molecule has 10 heteroatoms. The molecule has 0 saturated heterocycles. The van der Waals surface area contributed by atoms with Crippen molar-refractivity contribution < 1.29 is 28.2 Å². The number of aliphatic carboxylic acids is 1. The summed E-state index contributed by atoms with van der Waals surface area (Å²) in [5.74, 6) is -2.80. The van der Waals surface area contributed by atoms with E-state index in [2.05, 4.69) is 15.7 Å². The summed E-state index contributed by atoms with van der Waals surface area (Å²) in [6, 6.07) is 8.59. The lowest BCUT2D eigenvalue weighted by Gasteiger charge is -2.24. The van der Waals surface area contributed by atoms with Gasteiger partial charge in [-0.1, -0.05) is 6.07 Å². The smallest absolute Gasteiger partial charge is 0.352 e. The predicted octanol–water partition coefficient (Wildman–Crippen LogP) is 3.41. The number of halogens is 2. The first-order valence-corrected chi connectivity index (χ1v) is 9.07. The van der Waals surface area contributed by atoms with E-state index in [1.807, 2.05) is 0 Å². The highest BCUT2D eigenvalue weighted by molar-refractivity contribution is 6.08. The molecule has 1 amide bonds. The van der Waals surface area contributed by atoms with Crippen molar-refractivity contribution in [2.24, 2.45) is 0 Å². The van der Waals surface area contributed by atoms with Crippen LogP contribution in [0.15, 0.2) is 60.4 Å². The van der Waals surface area contributed by atoms with Gasteiger partial charge >= 0.3 is 5.97 Å². The quantitative estimate of drug-likeness (QED) is 0.578. The molecule has 0 saturated carbocycles. The lowest BCUT2D eigenvalue weighted by molar-refractivity contribution is -0.132. The van der Waals surface area contributed by atoms with Crippen LogP contribution in [-0.2, 0) is 4.79 Å². The minimum atomic E-state index is -1.30. The summed E-state index contributed by atoms with van der Waals surface area (Å²) in [5.41, 5.74) is 0.278. The summed E-state index contributed by atoms with van der Waals surface area (Å²) in [5, 5.41) is 18.9. The maximum Gasteiger partial charge on any atom is 0.352 e. The Morgan fingerprint density at radius 2 is 1.94 bits per heavy atom. The van der Waals surface area contributed by atoms with Crippen molar-refractivity contribution in [1.29, 1.82) is 0 Å². The molecular weight excluding hydrogens is 410 g/mol. The van der Waals surface area contributed by atoms with E-state index >= 15 is 0 Å². The molecule has 1 unspecified atom stereocenters. The number of nitrogens with one attached hydrogen (secondary N) is 2. The monoisotopic (exact) mass is 426 g/mol. The van der Waals surface area contributed by atoms with Crippen LogP contribution in [0.2, 0.25) is 0 Å². The summed E-state index contributed by atoms with van der Waals surface area (Å²) >= 11 is 0. The molecule has 0 aliphatic carbocycles. The first-order chi connectivity index (χ1) is 14.9. The molecule has 1 aliphatic heterocycles. The van der Waals surface area contributed by atoms with Crippen molar-refractivity contribution in [2.75, 3.05) is 17.7 Å². The molecule has 2 heterocycles. The number of hydrogen-bond donors (Lipinski definition) is 3. The summed E-state index contributed by atoms with van der Waals surface area (Å²) in [7, 11) is 1.52. The zero-order chi connectivity index (χ0) is 22.1. The van der Waals surface area contributed by atoms with E-state index in [-0.39, 0.29) is 22.6 Å². The minimum Gasteiger partial charge on any atom is -0.497 e. The van der Waals surface area contributed by atoms with Gasteiger partial charge in [-0.2, -0.15) is 5.10 Å². The molecule has 1 aliphatic rings. The van der Waals surface area contributed by atoms with E-state index < -0.39 is 29.6 Å². The highest BCUT2D eigenvalue weighted by Gasteiger charge is 2.30. The van der Waals surface area contributed by atoms with Crippen molar-refractivity contribution in [3.8, 4) is 5.75 Å². The number of rotatable bonds is 5. The molecule has 158 valence electrons. The van der Waals surface area contributed by atoms with Gasteiger partial charge in [0.2, 0.25) is 0 Å². The Morgan fingerprint density at radius 1 is 1.19 bits per heavy atom. The maximum atomic E-state index is 14.4. The number of anilines is 2. The Hall–Kier alpha value is -4.21. The molecule has 3 N–H and O–H groups in total. The van der Waals surface area contributed by atoms with Gasteiger partial charge in [-0.05, 0) is 36.4 Å². The van der Waals surface area contributed by atoms with Crippen molar-refractivity contribution in [1.82, 2.24) is 9.78 Å². The Morgan fingerprint density at radius 3 is 2.58 bits per heavy atom. The zero-order valence-corrected chi connectivity index (χ0v) is 16.1. The number of amides is 1. The number of carbonyl (C=O) groups excluding carboxylic acids is 1. The third-order valence-electron chi connectivity index (χ3n) is 4.74. The second-order valence-corrected chi connectivity index (χ2v) is 6.66. The number of carboxylic acid groups (broad SMARTS) is 1. The standard InChI is InChI=1S/C21H16F2N4O4/c1-31-13-5-3-12(4-6-13)25-20(28)15-10-24-27-18(9-17(21(29)30)26-19(15)27)14-7-2-11(22)8-16(14)23/h2-10,18,26H,1H3,(H,25,28)(H,29,30). The summed E-state index contributed by atoms with van der Waals surface area (Å²) in [6.45, 7) is 0. The van der Waals surface area contributed by atoms with Gasteiger partial charge in [-0.25, -0.2) is 18.3 Å². The molecule has 8 nitrogen and oxygen atoms in total. The van der Waals surface area contributed by atoms with Crippen LogP contribution in [0.3, 0.4) is 0 Å². The molecule has 2 aromatic carbocycles.